The van der Waals surface area contributed by atoms with Crippen molar-refractivity contribution in [3.8, 4) is 0 Å². The summed E-state index contributed by atoms with van der Waals surface area (Å²) in [6, 6.07) is 0.136. The van der Waals surface area contributed by atoms with Crippen LogP contribution in [-0.2, 0) is 9.59 Å². The van der Waals surface area contributed by atoms with Gasteiger partial charge in [-0.15, -0.1) is 0 Å². The van der Waals surface area contributed by atoms with Gasteiger partial charge in [-0.05, 0) is 33.2 Å². The summed E-state index contributed by atoms with van der Waals surface area (Å²) in [5, 5.41) is 11.8. The van der Waals surface area contributed by atoms with E-state index < -0.39 is 5.97 Å². The molecular weight excluding hydrogens is 220 g/mol. The maximum absolute atomic E-state index is 12.2. The van der Waals surface area contributed by atoms with Crippen molar-refractivity contribution in [1.82, 2.24) is 10.2 Å². The van der Waals surface area contributed by atoms with Crippen LogP contribution in [0.4, 0.5) is 0 Å². The van der Waals surface area contributed by atoms with Gasteiger partial charge >= 0.3 is 5.97 Å². The molecule has 1 unspecified atom stereocenters. The van der Waals surface area contributed by atoms with Gasteiger partial charge in [-0.25, -0.2) is 0 Å². The Balaban J connectivity index is 2.46. The van der Waals surface area contributed by atoms with Crippen molar-refractivity contribution < 1.29 is 14.7 Å². The van der Waals surface area contributed by atoms with Gasteiger partial charge in [0, 0.05) is 25.6 Å². The number of carbonyl (C=O) groups excluding carboxylic acids is 1. The molecule has 0 radical (unpaired) electrons. The summed E-state index contributed by atoms with van der Waals surface area (Å²) in [6.45, 7) is 6.14. The fourth-order valence-corrected chi connectivity index (χ4v) is 2.12. The first-order valence-electron chi connectivity index (χ1n) is 6.25. The van der Waals surface area contributed by atoms with E-state index in [0.29, 0.717) is 13.0 Å². The Hall–Kier alpha value is -1.10. The fourth-order valence-electron chi connectivity index (χ4n) is 2.12. The third-order valence-corrected chi connectivity index (χ3v) is 3.11. The molecule has 0 aromatic rings. The predicted octanol–water partition coefficient (Wildman–Crippen LogP) is 0.698. The van der Waals surface area contributed by atoms with Crippen LogP contribution >= 0.6 is 0 Å². The number of nitrogens with zero attached hydrogens (tertiary/aromatic N) is 1. The molecule has 5 heteroatoms. The number of hydrogen-bond acceptors (Lipinski definition) is 3. The average molecular weight is 242 g/mol. The second-order valence-electron chi connectivity index (χ2n) is 4.81. The molecule has 2 N–H and O–H groups in total. The van der Waals surface area contributed by atoms with E-state index in [0.717, 1.165) is 19.5 Å². The summed E-state index contributed by atoms with van der Waals surface area (Å²) >= 11 is 0. The molecule has 98 valence electrons. The maximum Gasteiger partial charge on any atom is 0.303 e. The van der Waals surface area contributed by atoms with Crippen LogP contribution in [0.1, 0.15) is 33.1 Å². The number of nitrogens with one attached hydrogen (secondary N) is 1. The van der Waals surface area contributed by atoms with Crippen LogP contribution in [0.15, 0.2) is 0 Å². The highest BCUT2D eigenvalue weighted by molar-refractivity contribution is 5.79. The third-order valence-electron chi connectivity index (χ3n) is 3.11. The minimum atomic E-state index is -0.802. The molecule has 1 fully saturated rings. The van der Waals surface area contributed by atoms with Gasteiger partial charge < -0.3 is 15.3 Å². The topological polar surface area (TPSA) is 69.6 Å². The normalized spacial score (nSPS) is 19.6. The Bertz CT molecular complexity index is 273. The van der Waals surface area contributed by atoms with E-state index in [1.165, 1.54) is 0 Å². The van der Waals surface area contributed by atoms with Gasteiger partial charge in [0.05, 0.1) is 5.92 Å². The Morgan fingerprint density at radius 3 is 2.65 bits per heavy atom. The van der Waals surface area contributed by atoms with E-state index in [1.807, 2.05) is 13.8 Å². The number of rotatable bonds is 6. The highest BCUT2D eigenvalue weighted by Crippen LogP contribution is 2.14. The van der Waals surface area contributed by atoms with Gasteiger partial charge in [-0.2, -0.15) is 0 Å². The van der Waals surface area contributed by atoms with E-state index in [1.54, 1.807) is 4.90 Å². The van der Waals surface area contributed by atoms with Gasteiger partial charge in [0.25, 0.3) is 0 Å². The van der Waals surface area contributed by atoms with E-state index in [4.69, 9.17) is 5.11 Å². The van der Waals surface area contributed by atoms with Crippen LogP contribution in [0.3, 0.4) is 0 Å². The first-order valence-corrected chi connectivity index (χ1v) is 6.25. The molecule has 1 saturated heterocycles. The summed E-state index contributed by atoms with van der Waals surface area (Å²) in [6.07, 6.45) is 1.54. The maximum atomic E-state index is 12.2. The van der Waals surface area contributed by atoms with Crippen LogP contribution in [-0.4, -0.2) is 47.6 Å². The number of carboxylic acid groups (broad SMARTS) is 1. The molecule has 0 saturated carbocycles. The highest BCUT2D eigenvalue weighted by atomic mass is 16.4. The Labute approximate surface area is 102 Å². The van der Waals surface area contributed by atoms with Crippen molar-refractivity contribution in [1.29, 1.82) is 0 Å². The summed E-state index contributed by atoms with van der Waals surface area (Å²) in [5.41, 5.74) is 0. The van der Waals surface area contributed by atoms with Crippen molar-refractivity contribution in [3.63, 3.8) is 0 Å². The molecule has 0 aromatic carbocycles. The lowest BCUT2D eigenvalue weighted by molar-refractivity contribution is -0.139. The molecule has 0 aromatic heterocycles. The summed E-state index contributed by atoms with van der Waals surface area (Å²) in [5.74, 6) is -0.568. The molecule has 1 atom stereocenters. The fraction of sp³-hybridized carbons (Fsp3) is 0.833. The zero-order valence-corrected chi connectivity index (χ0v) is 10.6. The molecule has 1 rings (SSSR count). The zero-order chi connectivity index (χ0) is 12.8. The SMILES string of the molecule is CC(C)N(CCCC(=O)O)C(=O)C1CCNC1. The van der Waals surface area contributed by atoms with Crippen molar-refractivity contribution >= 4 is 11.9 Å². The van der Waals surface area contributed by atoms with Crippen LogP contribution in [0.25, 0.3) is 0 Å². The third kappa shape index (κ3) is 4.34. The quantitative estimate of drug-likeness (QED) is 0.719. The molecular formula is C12H22N2O3. The van der Waals surface area contributed by atoms with Crippen molar-refractivity contribution in [3.05, 3.63) is 0 Å². The van der Waals surface area contributed by atoms with Gasteiger partial charge in [-0.1, -0.05) is 0 Å². The largest absolute Gasteiger partial charge is 0.481 e. The number of amides is 1. The van der Waals surface area contributed by atoms with E-state index in [2.05, 4.69) is 5.32 Å². The molecule has 0 aliphatic carbocycles. The Morgan fingerprint density at radius 2 is 2.18 bits per heavy atom. The van der Waals surface area contributed by atoms with E-state index in [9.17, 15) is 9.59 Å². The zero-order valence-electron chi connectivity index (χ0n) is 10.6. The van der Waals surface area contributed by atoms with E-state index >= 15 is 0 Å². The minimum absolute atomic E-state index is 0.0715. The first-order chi connectivity index (χ1) is 8.02. The second kappa shape index (κ2) is 6.59. The number of carboxylic acids is 1. The average Bonchev–Trinajstić information content (AvgIpc) is 2.75. The smallest absolute Gasteiger partial charge is 0.303 e. The Kier molecular flexibility index (Phi) is 5.41. The van der Waals surface area contributed by atoms with Crippen molar-refractivity contribution in [2.75, 3.05) is 19.6 Å². The molecule has 17 heavy (non-hydrogen) atoms. The Morgan fingerprint density at radius 1 is 1.47 bits per heavy atom. The van der Waals surface area contributed by atoms with Crippen LogP contribution < -0.4 is 5.32 Å². The molecule has 1 aliphatic heterocycles. The lowest BCUT2D eigenvalue weighted by atomic mass is 10.1. The lowest BCUT2D eigenvalue weighted by Crippen LogP contribution is -2.42. The van der Waals surface area contributed by atoms with Gasteiger partial charge in [0.2, 0.25) is 5.91 Å². The molecule has 0 spiro atoms. The molecule has 5 nitrogen and oxygen atoms in total. The number of hydrogen-bond donors (Lipinski definition) is 2. The molecule has 1 aliphatic rings. The van der Waals surface area contributed by atoms with Crippen LogP contribution in [0, 0.1) is 5.92 Å². The second-order valence-corrected chi connectivity index (χ2v) is 4.81. The van der Waals surface area contributed by atoms with Gasteiger partial charge in [-0.3, -0.25) is 9.59 Å². The van der Waals surface area contributed by atoms with Gasteiger partial charge in [0.1, 0.15) is 0 Å². The number of carbonyl (C=O) groups is 2. The molecule has 1 amide bonds. The highest BCUT2D eigenvalue weighted by Gasteiger charge is 2.28. The predicted molar refractivity (Wildman–Crippen MR) is 64.7 cm³/mol. The number of aliphatic carboxylic acids is 1. The summed E-state index contributed by atoms with van der Waals surface area (Å²) in [7, 11) is 0. The summed E-state index contributed by atoms with van der Waals surface area (Å²) in [4.78, 5) is 24.5. The van der Waals surface area contributed by atoms with Crippen LogP contribution in [0.5, 0.6) is 0 Å². The van der Waals surface area contributed by atoms with Crippen LogP contribution in [0.2, 0.25) is 0 Å². The standard InChI is InChI=1S/C12H22N2O3/c1-9(2)14(7-3-4-11(15)16)12(17)10-5-6-13-8-10/h9-10,13H,3-8H2,1-2H3,(H,15,16). The monoisotopic (exact) mass is 242 g/mol. The minimum Gasteiger partial charge on any atom is -0.481 e. The first kappa shape index (κ1) is 14.0. The van der Waals surface area contributed by atoms with E-state index in [-0.39, 0.29) is 24.3 Å². The summed E-state index contributed by atoms with van der Waals surface area (Å²) < 4.78 is 0. The van der Waals surface area contributed by atoms with Crippen molar-refractivity contribution in [2.45, 2.75) is 39.2 Å². The van der Waals surface area contributed by atoms with Gasteiger partial charge in [0.15, 0.2) is 0 Å². The molecule has 1 heterocycles. The lowest BCUT2D eigenvalue weighted by Gasteiger charge is -2.29. The molecule has 0 bridgehead atoms. The van der Waals surface area contributed by atoms with Crippen molar-refractivity contribution in [2.24, 2.45) is 5.92 Å².